The van der Waals surface area contributed by atoms with Crippen molar-refractivity contribution in [2.24, 2.45) is 13.0 Å². The summed E-state index contributed by atoms with van der Waals surface area (Å²) in [5, 5.41) is 11.9. The minimum absolute atomic E-state index is 0.196. The number of ether oxygens (including phenoxy) is 1. The van der Waals surface area contributed by atoms with Crippen LogP contribution < -0.4 is 5.32 Å². The number of nitrogens with zero attached hydrogens (tertiary/aromatic N) is 4. The average molecular weight is 325 g/mol. The summed E-state index contributed by atoms with van der Waals surface area (Å²) in [5.41, 5.74) is 0.719. The third kappa shape index (κ3) is 3.44. The van der Waals surface area contributed by atoms with Gasteiger partial charge in [0.05, 0.1) is 11.6 Å². The molecule has 124 valence electrons. The number of aromatic nitrogens is 3. The van der Waals surface area contributed by atoms with Crippen LogP contribution in [-0.4, -0.2) is 33.7 Å². The van der Waals surface area contributed by atoms with Gasteiger partial charge in [0, 0.05) is 38.9 Å². The standard InChI is InChI=1S/C17H19N5O2/c1-22-7-6-19-16(22)15(13-4-8-24-9-5-13)21-17(23)14-3-2-12(10-18)11-20-14/h2-3,6-7,11,13,15H,4-5,8-9H2,1H3,(H,21,23). The van der Waals surface area contributed by atoms with E-state index < -0.39 is 0 Å². The second-order valence-electron chi connectivity index (χ2n) is 5.84. The molecule has 7 heteroatoms. The van der Waals surface area contributed by atoms with Gasteiger partial charge in [-0.05, 0) is 30.9 Å². The number of nitrogens with one attached hydrogen (secondary N) is 1. The summed E-state index contributed by atoms with van der Waals surface area (Å²) in [4.78, 5) is 21.1. The van der Waals surface area contributed by atoms with Gasteiger partial charge in [-0.1, -0.05) is 0 Å². The van der Waals surface area contributed by atoms with Crippen molar-refractivity contribution in [3.8, 4) is 6.07 Å². The van der Waals surface area contributed by atoms with E-state index in [4.69, 9.17) is 10.00 Å². The molecule has 0 aliphatic carbocycles. The molecule has 3 rings (SSSR count). The Morgan fingerprint density at radius 2 is 2.21 bits per heavy atom. The third-order valence-electron chi connectivity index (χ3n) is 4.29. The van der Waals surface area contributed by atoms with Gasteiger partial charge in [0.2, 0.25) is 0 Å². The highest BCUT2D eigenvalue weighted by Crippen LogP contribution is 2.29. The normalized spacial score (nSPS) is 16.3. The fraction of sp³-hybridized carbons (Fsp3) is 0.412. The number of aryl methyl sites for hydroxylation is 1. The third-order valence-corrected chi connectivity index (χ3v) is 4.29. The van der Waals surface area contributed by atoms with Gasteiger partial charge in [0.1, 0.15) is 17.6 Å². The van der Waals surface area contributed by atoms with Crippen LogP contribution in [-0.2, 0) is 11.8 Å². The van der Waals surface area contributed by atoms with Crippen LogP contribution in [0.15, 0.2) is 30.7 Å². The molecule has 1 atom stereocenters. The maximum Gasteiger partial charge on any atom is 0.270 e. The minimum Gasteiger partial charge on any atom is -0.381 e. The second-order valence-corrected chi connectivity index (χ2v) is 5.84. The molecular weight excluding hydrogens is 306 g/mol. The number of carbonyl (C=O) groups is 1. The van der Waals surface area contributed by atoms with E-state index >= 15 is 0 Å². The Bertz CT molecular complexity index is 741. The topological polar surface area (TPSA) is 92.8 Å². The first-order valence-electron chi connectivity index (χ1n) is 7.91. The number of hydrogen-bond acceptors (Lipinski definition) is 5. The minimum atomic E-state index is -0.265. The summed E-state index contributed by atoms with van der Waals surface area (Å²) in [6.07, 6.45) is 6.75. The SMILES string of the molecule is Cn1ccnc1C(NC(=O)c1ccc(C#N)cn1)C1CCOCC1. The molecule has 1 aliphatic heterocycles. The van der Waals surface area contributed by atoms with Crippen LogP contribution in [0.5, 0.6) is 0 Å². The first kappa shape index (κ1) is 16.1. The average Bonchev–Trinajstić information content (AvgIpc) is 3.06. The predicted octanol–water partition coefficient (Wildman–Crippen LogP) is 1.58. The predicted molar refractivity (Wildman–Crippen MR) is 85.9 cm³/mol. The fourth-order valence-corrected chi connectivity index (χ4v) is 2.93. The van der Waals surface area contributed by atoms with Crippen LogP contribution >= 0.6 is 0 Å². The number of nitriles is 1. The van der Waals surface area contributed by atoms with Crippen molar-refractivity contribution >= 4 is 5.91 Å². The summed E-state index contributed by atoms with van der Waals surface area (Å²) < 4.78 is 7.35. The molecule has 1 fully saturated rings. The molecule has 1 saturated heterocycles. The lowest BCUT2D eigenvalue weighted by atomic mass is 9.91. The van der Waals surface area contributed by atoms with Crippen LogP contribution in [0, 0.1) is 17.2 Å². The highest BCUT2D eigenvalue weighted by Gasteiger charge is 2.30. The van der Waals surface area contributed by atoms with Gasteiger partial charge in [-0.15, -0.1) is 0 Å². The number of amides is 1. The van der Waals surface area contributed by atoms with Crippen molar-refractivity contribution in [3.63, 3.8) is 0 Å². The second kappa shape index (κ2) is 7.23. The lowest BCUT2D eigenvalue weighted by molar-refractivity contribution is 0.0498. The number of carbonyl (C=O) groups excluding carboxylic acids is 1. The highest BCUT2D eigenvalue weighted by atomic mass is 16.5. The Morgan fingerprint density at radius 1 is 1.42 bits per heavy atom. The monoisotopic (exact) mass is 325 g/mol. The van der Waals surface area contributed by atoms with Gasteiger partial charge in [-0.3, -0.25) is 4.79 Å². The van der Waals surface area contributed by atoms with Crippen molar-refractivity contribution in [2.75, 3.05) is 13.2 Å². The van der Waals surface area contributed by atoms with E-state index in [9.17, 15) is 4.79 Å². The zero-order chi connectivity index (χ0) is 16.9. The van der Waals surface area contributed by atoms with E-state index in [1.807, 2.05) is 23.9 Å². The molecule has 2 aromatic heterocycles. The molecule has 7 nitrogen and oxygen atoms in total. The summed E-state index contributed by atoms with van der Waals surface area (Å²) in [7, 11) is 1.92. The van der Waals surface area contributed by atoms with Crippen LogP contribution in [0.3, 0.4) is 0 Å². The molecule has 1 aliphatic rings. The van der Waals surface area contributed by atoms with E-state index in [2.05, 4.69) is 15.3 Å². The number of imidazole rings is 1. The molecule has 0 aromatic carbocycles. The Hall–Kier alpha value is -2.72. The lowest BCUT2D eigenvalue weighted by Gasteiger charge is -2.30. The number of hydrogen-bond donors (Lipinski definition) is 1. The van der Waals surface area contributed by atoms with Crippen molar-refractivity contribution < 1.29 is 9.53 Å². The van der Waals surface area contributed by atoms with E-state index in [1.165, 1.54) is 6.20 Å². The maximum absolute atomic E-state index is 12.6. The zero-order valence-corrected chi connectivity index (χ0v) is 13.5. The molecule has 3 heterocycles. The van der Waals surface area contributed by atoms with Crippen LogP contribution in [0.2, 0.25) is 0 Å². The Balaban J connectivity index is 1.81. The Labute approximate surface area is 140 Å². The lowest BCUT2D eigenvalue weighted by Crippen LogP contribution is -2.37. The number of rotatable bonds is 4. The molecule has 0 saturated carbocycles. The van der Waals surface area contributed by atoms with Crippen LogP contribution in [0.25, 0.3) is 0 Å². The molecule has 1 N–H and O–H groups in total. The van der Waals surface area contributed by atoms with E-state index in [1.54, 1.807) is 18.3 Å². The van der Waals surface area contributed by atoms with Crippen molar-refractivity contribution in [1.29, 1.82) is 5.26 Å². The molecule has 0 spiro atoms. The maximum atomic E-state index is 12.6. The summed E-state index contributed by atoms with van der Waals surface area (Å²) in [6, 6.07) is 4.95. The summed E-state index contributed by atoms with van der Waals surface area (Å²) >= 11 is 0. The van der Waals surface area contributed by atoms with E-state index in [-0.39, 0.29) is 17.9 Å². The smallest absolute Gasteiger partial charge is 0.270 e. The molecule has 2 aromatic rings. The van der Waals surface area contributed by atoms with Gasteiger partial charge in [0.15, 0.2) is 0 Å². The van der Waals surface area contributed by atoms with Gasteiger partial charge in [0.25, 0.3) is 5.91 Å². The fourth-order valence-electron chi connectivity index (χ4n) is 2.93. The van der Waals surface area contributed by atoms with Gasteiger partial charge in [-0.2, -0.15) is 5.26 Å². The van der Waals surface area contributed by atoms with Crippen molar-refractivity contribution in [3.05, 3.63) is 47.8 Å². The number of pyridine rings is 1. The van der Waals surface area contributed by atoms with Gasteiger partial charge in [-0.25, -0.2) is 9.97 Å². The largest absolute Gasteiger partial charge is 0.381 e. The summed E-state index contributed by atoms with van der Waals surface area (Å²) in [5.74, 6) is 0.824. The zero-order valence-electron chi connectivity index (χ0n) is 13.5. The van der Waals surface area contributed by atoms with E-state index in [0.717, 1.165) is 18.7 Å². The highest BCUT2D eigenvalue weighted by molar-refractivity contribution is 5.92. The van der Waals surface area contributed by atoms with Crippen molar-refractivity contribution in [1.82, 2.24) is 19.9 Å². The molecule has 0 bridgehead atoms. The molecule has 1 amide bonds. The first-order chi connectivity index (χ1) is 11.7. The molecule has 0 radical (unpaired) electrons. The Kier molecular flexibility index (Phi) is 4.87. The van der Waals surface area contributed by atoms with Crippen molar-refractivity contribution in [2.45, 2.75) is 18.9 Å². The Morgan fingerprint density at radius 3 is 2.79 bits per heavy atom. The summed E-state index contributed by atoms with van der Waals surface area (Å²) in [6.45, 7) is 1.38. The van der Waals surface area contributed by atoms with E-state index in [0.29, 0.717) is 24.5 Å². The molecule has 1 unspecified atom stereocenters. The van der Waals surface area contributed by atoms with Gasteiger partial charge >= 0.3 is 0 Å². The first-order valence-corrected chi connectivity index (χ1v) is 7.91. The van der Waals surface area contributed by atoms with Gasteiger partial charge < -0.3 is 14.6 Å². The molecule has 24 heavy (non-hydrogen) atoms. The molecular formula is C17H19N5O2. The van der Waals surface area contributed by atoms with Crippen LogP contribution in [0.4, 0.5) is 0 Å². The van der Waals surface area contributed by atoms with Crippen LogP contribution in [0.1, 0.15) is 40.8 Å². The quantitative estimate of drug-likeness (QED) is 0.921.